The van der Waals surface area contributed by atoms with Crippen molar-refractivity contribution in [3.05, 3.63) is 27.7 Å². The lowest BCUT2D eigenvalue weighted by atomic mass is 9.94. The summed E-state index contributed by atoms with van der Waals surface area (Å²) in [5.41, 5.74) is -1.51. The molecule has 0 unspecified atom stereocenters. The second kappa shape index (κ2) is 7.61. The predicted octanol–water partition coefficient (Wildman–Crippen LogP) is 3.69. The summed E-state index contributed by atoms with van der Waals surface area (Å²) in [7, 11) is 0. The standard InChI is InChI=1S/C15H16Cl2O5/c1-4-5-21-13(19)15(2,3)14(20)22-12-9(8-18)6-10(16)7-11(12)17/h6-8H,4-5H2,1-3H3. The number of carbonyl (C=O) groups is 3. The van der Waals surface area contributed by atoms with Crippen LogP contribution in [0, 0.1) is 5.41 Å². The third-order valence-electron chi connectivity index (χ3n) is 2.82. The second-order valence-electron chi connectivity index (χ2n) is 5.07. The Kier molecular flexibility index (Phi) is 6.38. The molecule has 5 nitrogen and oxygen atoms in total. The summed E-state index contributed by atoms with van der Waals surface area (Å²) in [4.78, 5) is 35.2. The zero-order chi connectivity index (χ0) is 16.9. The van der Waals surface area contributed by atoms with Crippen molar-refractivity contribution >= 4 is 41.4 Å². The highest BCUT2D eigenvalue weighted by atomic mass is 35.5. The summed E-state index contributed by atoms with van der Waals surface area (Å²) in [5.74, 6) is -1.72. The summed E-state index contributed by atoms with van der Waals surface area (Å²) < 4.78 is 10.1. The average molecular weight is 347 g/mol. The fourth-order valence-electron chi connectivity index (χ4n) is 1.45. The van der Waals surface area contributed by atoms with Crippen LogP contribution >= 0.6 is 23.2 Å². The van der Waals surface area contributed by atoms with E-state index in [4.69, 9.17) is 32.7 Å². The Hall–Kier alpha value is -1.59. The second-order valence-corrected chi connectivity index (χ2v) is 5.92. The molecule has 0 atom stereocenters. The van der Waals surface area contributed by atoms with Crippen LogP contribution in [0.1, 0.15) is 37.6 Å². The molecule has 0 saturated carbocycles. The summed E-state index contributed by atoms with van der Waals surface area (Å²) in [6, 6.07) is 2.65. The highest BCUT2D eigenvalue weighted by molar-refractivity contribution is 6.36. The molecule has 0 aliphatic carbocycles. The van der Waals surface area contributed by atoms with E-state index in [1.165, 1.54) is 26.0 Å². The Morgan fingerprint density at radius 1 is 1.23 bits per heavy atom. The van der Waals surface area contributed by atoms with Crippen molar-refractivity contribution in [2.75, 3.05) is 6.61 Å². The first-order valence-corrected chi connectivity index (χ1v) is 7.33. The maximum Gasteiger partial charge on any atom is 0.328 e. The van der Waals surface area contributed by atoms with E-state index in [0.29, 0.717) is 12.7 Å². The van der Waals surface area contributed by atoms with E-state index in [1.807, 2.05) is 6.92 Å². The van der Waals surface area contributed by atoms with Gasteiger partial charge in [-0.05, 0) is 32.4 Å². The molecular weight excluding hydrogens is 331 g/mol. The van der Waals surface area contributed by atoms with Crippen molar-refractivity contribution in [3.63, 3.8) is 0 Å². The van der Waals surface area contributed by atoms with Gasteiger partial charge < -0.3 is 9.47 Å². The van der Waals surface area contributed by atoms with Gasteiger partial charge in [0.2, 0.25) is 0 Å². The summed E-state index contributed by atoms with van der Waals surface area (Å²) in [6.45, 7) is 4.79. The first-order chi connectivity index (χ1) is 10.2. The molecule has 1 aromatic carbocycles. The van der Waals surface area contributed by atoms with E-state index in [0.717, 1.165) is 0 Å². The Balaban J connectivity index is 3.02. The van der Waals surface area contributed by atoms with Crippen molar-refractivity contribution in [2.24, 2.45) is 5.41 Å². The SMILES string of the molecule is CCCOC(=O)C(C)(C)C(=O)Oc1c(Cl)cc(Cl)cc1C=O. The van der Waals surface area contributed by atoms with Crippen LogP contribution < -0.4 is 4.74 Å². The van der Waals surface area contributed by atoms with Crippen LogP contribution in [-0.2, 0) is 14.3 Å². The number of hydrogen-bond acceptors (Lipinski definition) is 5. The van der Waals surface area contributed by atoms with Crippen molar-refractivity contribution in [1.82, 2.24) is 0 Å². The molecule has 0 fully saturated rings. The van der Waals surface area contributed by atoms with Gasteiger partial charge >= 0.3 is 11.9 Å². The Morgan fingerprint density at radius 2 is 1.86 bits per heavy atom. The average Bonchev–Trinajstić information content (AvgIpc) is 2.46. The third-order valence-corrected chi connectivity index (χ3v) is 3.32. The van der Waals surface area contributed by atoms with Gasteiger partial charge in [-0.3, -0.25) is 14.4 Å². The van der Waals surface area contributed by atoms with Crippen LogP contribution in [0.5, 0.6) is 5.75 Å². The minimum Gasteiger partial charge on any atom is -0.465 e. The molecule has 0 amide bonds. The number of ether oxygens (including phenoxy) is 2. The molecule has 0 heterocycles. The van der Waals surface area contributed by atoms with Crippen LogP contribution in [0.15, 0.2) is 12.1 Å². The van der Waals surface area contributed by atoms with E-state index < -0.39 is 17.4 Å². The first-order valence-electron chi connectivity index (χ1n) is 6.57. The number of esters is 2. The zero-order valence-electron chi connectivity index (χ0n) is 12.4. The van der Waals surface area contributed by atoms with Gasteiger partial charge in [0.1, 0.15) is 0 Å². The minimum absolute atomic E-state index is 0.000625. The number of aldehydes is 1. The van der Waals surface area contributed by atoms with E-state index in [2.05, 4.69) is 0 Å². The molecule has 7 heteroatoms. The van der Waals surface area contributed by atoms with Gasteiger partial charge in [0.25, 0.3) is 0 Å². The van der Waals surface area contributed by atoms with Crippen LogP contribution in [0.3, 0.4) is 0 Å². The van der Waals surface area contributed by atoms with Gasteiger partial charge in [-0.25, -0.2) is 0 Å². The fourth-order valence-corrected chi connectivity index (χ4v) is 2.00. The van der Waals surface area contributed by atoms with Crippen molar-refractivity contribution < 1.29 is 23.9 Å². The fraction of sp³-hybridized carbons (Fsp3) is 0.400. The molecule has 0 bridgehead atoms. The van der Waals surface area contributed by atoms with Gasteiger partial charge in [-0.15, -0.1) is 0 Å². The van der Waals surface area contributed by atoms with Gasteiger partial charge in [-0.2, -0.15) is 0 Å². The van der Waals surface area contributed by atoms with Crippen LogP contribution in [-0.4, -0.2) is 24.8 Å². The predicted molar refractivity (Wildman–Crippen MR) is 82.5 cm³/mol. The van der Waals surface area contributed by atoms with Crippen molar-refractivity contribution in [1.29, 1.82) is 0 Å². The molecule has 0 aliphatic heterocycles. The van der Waals surface area contributed by atoms with Crippen LogP contribution in [0.4, 0.5) is 0 Å². The maximum absolute atomic E-state index is 12.2. The molecule has 0 N–H and O–H groups in total. The molecule has 0 radical (unpaired) electrons. The molecule has 0 aromatic heterocycles. The zero-order valence-corrected chi connectivity index (χ0v) is 14.0. The van der Waals surface area contributed by atoms with Gasteiger partial charge in [0, 0.05) is 5.02 Å². The van der Waals surface area contributed by atoms with Crippen molar-refractivity contribution in [2.45, 2.75) is 27.2 Å². The van der Waals surface area contributed by atoms with Crippen LogP contribution in [0.2, 0.25) is 10.0 Å². The first kappa shape index (κ1) is 18.5. The lowest BCUT2D eigenvalue weighted by Gasteiger charge is -2.21. The van der Waals surface area contributed by atoms with Gasteiger partial charge in [0.05, 0.1) is 17.2 Å². The monoisotopic (exact) mass is 346 g/mol. The summed E-state index contributed by atoms with van der Waals surface area (Å²) in [6.07, 6.45) is 1.10. The lowest BCUT2D eigenvalue weighted by molar-refractivity contribution is -0.164. The smallest absolute Gasteiger partial charge is 0.328 e. The quantitative estimate of drug-likeness (QED) is 0.340. The number of hydrogen-bond donors (Lipinski definition) is 0. The number of halogens is 2. The molecular formula is C15H16Cl2O5. The number of carbonyl (C=O) groups excluding carboxylic acids is 3. The maximum atomic E-state index is 12.2. The van der Waals surface area contributed by atoms with Gasteiger partial charge in [0.15, 0.2) is 17.5 Å². The Labute approximate surface area is 138 Å². The molecule has 0 saturated heterocycles. The largest absolute Gasteiger partial charge is 0.465 e. The number of benzene rings is 1. The molecule has 22 heavy (non-hydrogen) atoms. The van der Waals surface area contributed by atoms with E-state index >= 15 is 0 Å². The topological polar surface area (TPSA) is 69.7 Å². The minimum atomic E-state index is -1.53. The Morgan fingerprint density at radius 3 is 2.41 bits per heavy atom. The molecule has 0 spiro atoms. The Bertz CT molecular complexity index is 596. The molecule has 120 valence electrons. The van der Waals surface area contributed by atoms with Crippen LogP contribution in [0.25, 0.3) is 0 Å². The third kappa shape index (κ3) is 4.21. The van der Waals surface area contributed by atoms with E-state index in [9.17, 15) is 14.4 Å². The highest BCUT2D eigenvalue weighted by Crippen LogP contribution is 2.33. The van der Waals surface area contributed by atoms with Gasteiger partial charge in [-0.1, -0.05) is 30.1 Å². The summed E-state index contributed by atoms with van der Waals surface area (Å²) in [5, 5.41) is 0.231. The normalized spacial score (nSPS) is 11.0. The molecule has 1 rings (SSSR count). The number of rotatable bonds is 6. The molecule has 0 aliphatic rings. The lowest BCUT2D eigenvalue weighted by Crippen LogP contribution is -2.38. The molecule has 1 aromatic rings. The van der Waals surface area contributed by atoms with E-state index in [-0.39, 0.29) is 28.0 Å². The van der Waals surface area contributed by atoms with E-state index in [1.54, 1.807) is 0 Å². The highest BCUT2D eigenvalue weighted by Gasteiger charge is 2.40. The van der Waals surface area contributed by atoms with Crippen molar-refractivity contribution in [3.8, 4) is 5.75 Å². The summed E-state index contributed by atoms with van der Waals surface area (Å²) >= 11 is 11.7.